The molecule has 0 aromatic carbocycles. The molecule has 1 saturated heterocycles. The summed E-state index contributed by atoms with van der Waals surface area (Å²) in [5, 5.41) is 40.4. The molecule has 14 atom stereocenters. The van der Waals surface area contributed by atoms with E-state index in [0.29, 0.717) is 5.41 Å². The van der Waals surface area contributed by atoms with Crippen LogP contribution in [0.25, 0.3) is 0 Å². The first kappa shape index (κ1) is 31.9. The zero-order valence-electron chi connectivity index (χ0n) is 26.7. The third-order valence-corrected chi connectivity index (χ3v) is 13.5. The maximum absolute atomic E-state index is 10.5. The van der Waals surface area contributed by atoms with Crippen LogP contribution in [0, 0.1) is 52.3 Å². The van der Waals surface area contributed by atoms with Crippen molar-refractivity contribution in [2.45, 2.75) is 149 Å². The Balaban J connectivity index is 1.24. The third kappa shape index (κ3) is 5.73. The summed E-state index contributed by atoms with van der Waals surface area (Å²) in [5.74, 6) is 5.66. The van der Waals surface area contributed by atoms with Gasteiger partial charge in [0.15, 0.2) is 6.29 Å². The van der Waals surface area contributed by atoms with E-state index >= 15 is 0 Å². The molecule has 5 aliphatic rings. The number of aliphatic hydroxyl groups excluding tert-OH is 4. The minimum absolute atomic E-state index is 0.101. The molecule has 0 radical (unpaired) electrons. The van der Waals surface area contributed by atoms with Crippen LogP contribution < -0.4 is 0 Å². The van der Waals surface area contributed by atoms with Crippen LogP contribution in [0.5, 0.6) is 0 Å². The van der Waals surface area contributed by atoms with Gasteiger partial charge in [0.25, 0.3) is 0 Å². The van der Waals surface area contributed by atoms with E-state index < -0.39 is 37.3 Å². The van der Waals surface area contributed by atoms with Crippen LogP contribution in [0.2, 0.25) is 0 Å². The Morgan fingerprint density at radius 1 is 0.951 bits per heavy atom. The summed E-state index contributed by atoms with van der Waals surface area (Å²) >= 11 is 0. The summed E-state index contributed by atoms with van der Waals surface area (Å²) in [6, 6.07) is 0. The first-order chi connectivity index (χ1) is 19.4. The summed E-state index contributed by atoms with van der Waals surface area (Å²) < 4.78 is 11.9. The number of fused-ring (bicyclic) bond motifs is 5. The van der Waals surface area contributed by atoms with Gasteiger partial charge in [-0.2, -0.15) is 0 Å². The van der Waals surface area contributed by atoms with Crippen LogP contribution in [-0.2, 0) is 9.47 Å². The van der Waals surface area contributed by atoms with Gasteiger partial charge in [-0.3, -0.25) is 0 Å². The molecule has 4 fully saturated rings. The molecule has 6 heteroatoms. The van der Waals surface area contributed by atoms with E-state index in [2.05, 4.69) is 47.6 Å². The van der Waals surface area contributed by atoms with Crippen molar-refractivity contribution < 1.29 is 29.9 Å². The van der Waals surface area contributed by atoms with Crippen LogP contribution >= 0.6 is 0 Å². The number of ether oxygens (including phenoxy) is 2. The molecule has 4 aliphatic carbocycles. The molecule has 236 valence electrons. The lowest BCUT2D eigenvalue weighted by Crippen LogP contribution is -2.60. The molecule has 5 rings (SSSR count). The molecule has 4 N–H and O–H groups in total. The van der Waals surface area contributed by atoms with Crippen molar-refractivity contribution in [1.29, 1.82) is 0 Å². The second kappa shape index (κ2) is 12.5. The second-order valence-corrected chi connectivity index (χ2v) is 15.7. The highest BCUT2D eigenvalue weighted by atomic mass is 16.7. The lowest BCUT2D eigenvalue weighted by atomic mass is 9.47. The summed E-state index contributed by atoms with van der Waals surface area (Å²) in [4.78, 5) is 0. The Morgan fingerprint density at radius 3 is 2.39 bits per heavy atom. The second-order valence-electron chi connectivity index (χ2n) is 15.7. The topological polar surface area (TPSA) is 99.4 Å². The van der Waals surface area contributed by atoms with Gasteiger partial charge in [-0.15, -0.1) is 0 Å². The van der Waals surface area contributed by atoms with Crippen molar-refractivity contribution in [2.24, 2.45) is 52.3 Å². The van der Waals surface area contributed by atoms with Gasteiger partial charge >= 0.3 is 0 Å². The fourth-order valence-electron chi connectivity index (χ4n) is 10.8. The van der Waals surface area contributed by atoms with Crippen LogP contribution in [0.1, 0.15) is 112 Å². The van der Waals surface area contributed by atoms with Gasteiger partial charge in [0.1, 0.15) is 24.4 Å². The van der Waals surface area contributed by atoms with Crippen molar-refractivity contribution in [3.8, 4) is 0 Å². The van der Waals surface area contributed by atoms with Crippen LogP contribution in [0.4, 0.5) is 0 Å². The highest BCUT2D eigenvalue weighted by Gasteiger charge is 2.59. The average molecular weight is 577 g/mol. The quantitative estimate of drug-likeness (QED) is 0.257. The number of rotatable bonds is 9. The number of hydrogen-bond donors (Lipinski definition) is 4. The minimum Gasteiger partial charge on any atom is -0.394 e. The summed E-state index contributed by atoms with van der Waals surface area (Å²) in [7, 11) is 0. The van der Waals surface area contributed by atoms with E-state index in [0.717, 1.165) is 60.7 Å². The first-order valence-corrected chi connectivity index (χ1v) is 17.1. The minimum atomic E-state index is -1.40. The predicted molar refractivity (Wildman–Crippen MR) is 161 cm³/mol. The average Bonchev–Trinajstić information content (AvgIpc) is 3.30. The number of hydrogen-bond acceptors (Lipinski definition) is 6. The van der Waals surface area contributed by atoms with Gasteiger partial charge in [-0.05, 0) is 110 Å². The third-order valence-electron chi connectivity index (χ3n) is 13.5. The Labute approximate surface area is 249 Å². The first-order valence-electron chi connectivity index (χ1n) is 17.1. The van der Waals surface area contributed by atoms with Gasteiger partial charge in [0.2, 0.25) is 0 Å². The molecule has 0 spiro atoms. The van der Waals surface area contributed by atoms with Gasteiger partial charge in [0.05, 0.1) is 12.7 Å². The summed E-state index contributed by atoms with van der Waals surface area (Å²) in [6.45, 7) is 14.5. The molecule has 1 heterocycles. The van der Waals surface area contributed by atoms with E-state index in [4.69, 9.17) is 9.47 Å². The predicted octanol–water partition coefficient (Wildman–Crippen LogP) is 5.85. The Hall–Kier alpha value is -0.500. The number of allylic oxidation sites excluding steroid dienone is 1. The lowest BCUT2D eigenvalue weighted by molar-refractivity contribution is -0.313. The van der Waals surface area contributed by atoms with Crippen molar-refractivity contribution in [2.75, 3.05) is 6.61 Å². The Kier molecular flexibility index (Phi) is 9.71. The normalized spacial score (nSPS) is 47.7. The van der Waals surface area contributed by atoms with Crippen LogP contribution in [0.3, 0.4) is 0 Å². The molecule has 1 aliphatic heterocycles. The highest BCUT2D eigenvalue weighted by Crippen LogP contribution is 2.67. The molecule has 0 aromatic rings. The number of aliphatic hydroxyl groups is 4. The van der Waals surface area contributed by atoms with Crippen LogP contribution in [-0.4, -0.2) is 63.8 Å². The van der Waals surface area contributed by atoms with Gasteiger partial charge in [0, 0.05) is 0 Å². The molecule has 0 aromatic heterocycles. The molecule has 0 amide bonds. The van der Waals surface area contributed by atoms with E-state index in [1.165, 1.54) is 56.9 Å². The smallest absolute Gasteiger partial charge is 0.186 e. The molecular weight excluding hydrogens is 516 g/mol. The molecule has 41 heavy (non-hydrogen) atoms. The maximum Gasteiger partial charge on any atom is 0.186 e. The molecule has 2 unspecified atom stereocenters. The lowest BCUT2D eigenvalue weighted by Gasteiger charge is -2.58. The van der Waals surface area contributed by atoms with Gasteiger partial charge in [-0.1, -0.05) is 66.0 Å². The molecule has 3 saturated carbocycles. The molecular formula is C35H60O6. The fourth-order valence-corrected chi connectivity index (χ4v) is 10.8. The largest absolute Gasteiger partial charge is 0.394 e. The van der Waals surface area contributed by atoms with Crippen molar-refractivity contribution in [3.63, 3.8) is 0 Å². The Morgan fingerprint density at radius 2 is 1.71 bits per heavy atom. The van der Waals surface area contributed by atoms with E-state index in [9.17, 15) is 20.4 Å². The SMILES string of the molecule is CC[C@H](CC[C@@H](C)C1CC[C@H]2[C@@H]3CC=C4CC(O[C@@H]5O[C@H](CO)[C@@H](O)[C@H](O)[C@H]5O)CC[C@]4(C)[C@H]3CC[C@]12C)C(C)C. The van der Waals surface area contributed by atoms with Crippen molar-refractivity contribution >= 4 is 0 Å². The fraction of sp³-hybridized carbons (Fsp3) is 0.943. The zero-order chi connectivity index (χ0) is 29.7. The van der Waals surface area contributed by atoms with Crippen molar-refractivity contribution in [3.05, 3.63) is 11.6 Å². The standard InChI is InChI=1S/C35H60O6/c1-7-22(20(2)3)9-8-21(4)26-12-13-27-25-11-10-23-18-24(14-16-34(23,5)28(25)15-17-35(26,27)6)40-33-32(39)31(38)30(37)29(19-36)41-33/h10,20-22,24-33,36-39H,7-9,11-19H2,1-6H3/t21-,22-,24?,25+,26?,27+,28+,29-,30-,31+,32-,33-,34+,35-/m1/s1. The van der Waals surface area contributed by atoms with Gasteiger partial charge < -0.3 is 29.9 Å². The van der Waals surface area contributed by atoms with E-state index in [1.54, 1.807) is 0 Å². The van der Waals surface area contributed by atoms with Crippen LogP contribution in [0.15, 0.2) is 11.6 Å². The monoisotopic (exact) mass is 576 g/mol. The Bertz CT molecular complexity index is 918. The molecule has 0 bridgehead atoms. The summed E-state index contributed by atoms with van der Waals surface area (Å²) in [6.07, 6.45) is 9.92. The van der Waals surface area contributed by atoms with Gasteiger partial charge in [-0.25, -0.2) is 0 Å². The van der Waals surface area contributed by atoms with E-state index in [-0.39, 0.29) is 11.5 Å². The highest BCUT2D eigenvalue weighted by molar-refractivity contribution is 5.25. The van der Waals surface area contributed by atoms with E-state index in [1.807, 2.05) is 0 Å². The van der Waals surface area contributed by atoms with Crippen molar-refractivity contribution in [1.82, 2.24) is 0 Å². The zero-order valence-corrected chi connectivity index (χ0v) is 26.7. The maximum atomic E-state index is 10.5. The summed E-state index contributed by atoms with van der Waals surface area (Å²) in [5.41, 5.74) is 2.19. The molecule has 6 nitrogen and oxygen atoms in total.